The summed E-state index contributed by atoms with van der Waals surface area (Å²) in [6.45, 7) is 13.0. The number of aryl methyl sites for hydroxylation is 2. The summed E-state index contributed by atoms with van der Waals surface area (Å²) in [5, 5.41) is 1.98. The fourth-order valence-electron chi connectivity index (χ4n) is 6.57. The van der Waals surface area contributed by atoms with Crippen molar-refractivity contribution in [3.05, 3.63) is 70.0 Å². The van der Waals surface area contributed by atoms with Crippen molar-refractivity contribution >= 4 is 34.0 Å². The van der Waals surface area contributed by atoms with Gasteiger partial charge in [-0.1, -0.05) is 29.8 Å². The van der Waals surface area contributed by atoms with E-state index in [1.165, 1.54) is 33.5 Å². The number of aromatic amines is 1. The number of ether oxygens (including phenoxy) is 1. The molecule has 1 N–H and O–H groups in total. The minimum Gasteiger partial charge on any atom is -0.378 e. The number of H-pyrrole nitrogens is 1. The fraction of sp³-hybridized carbons (Fsp3) is 0.419. The average Bonchev–Trinajstić information content (AvgIpc) is 3.30. The van der Waals surface area contributed by atoms with Gasteiger partial charge in [0.15, 0.2) is 5.82 Å². The molecular weight excluding hydrogens is 508 g/mol. The summed E-state index contributed by atoms with van der Waals surface area (Å²) in [4.78, 5) is 21.6. The summed E-state index contributed by atoms with van der Waals surface area (Å²) < 4.78 is 5.50. The zero-order valence-corrected chi connectivity index (χ0v) is 23.6. The predicted octanol–water partition coefficient (Wildman–Crippen LogP) is 5.37. The van der Waals surface area contributed by atoms with E-state index in [-0.39, 0.29) is 0 Å². The third-order valence-corrected chi connectivity index (χ3v) is 9.00. The number of hydrogen-bond acceptors (Lipinski definition) is 6. The molecule has 7 nitrogen and oxygen atoms in total. The van der Waals surface area contributed by atoms with E-state index in [1.54, 1.807) is 0 Å². The van der Waals surface area contributed by atoms with Crippen molar-refractivity contribution in [2.45, 2.75) is 45.8 Å². The van der Waals surface area contributed by atoms with E-state index in [0.29, 0.717) is 12.1 Å². The number of fused-ring (bicyclic) bond motifs is 2. The molecule has 1 atom stereocenters. The van der Waals surface area contributed by atoms with Crippen LogP contribution in [-0.4, -0.2) is 71.3 Å². The second kappa shape index (κ2) is 9.81. The Morgan fingerprint density at radius 3 is 2.67 bits per heavy atom. The largest absolute Gasteiger partial charge is 0.378 e. The number of benzene rings is 2. The molecule has 0 spiro atoms. The van der Waals surface area contributed by atoms with Crippen LogP contribution in [0.2, 0.25) is 5.02 Å². The minimum absolute atomic E-state index is 0.437. The van der Waals surface area contributed by atoms with E-state index in [2.05, 4.69) is 77.0 Å². The first-order chi connectivity index (χ1) is 19.0. The third-order valence-electron chi connectivity index (χ3n) is 8.76. The van der Waals surface area contributed by atoms with Crippen LogP contribution in [0.15, 0.2) is 42.6 Å². The summed E-state index contributed by atoms with van der Waals surface area (Å²) in [6.07, 6.45) is 2.95. The van der Waals surface area contributed by atoms with E-state index in [9.17, 15) is 0 Å². The van der Waals surface area contributed by atoms with Crippen LogP contribution in [0.3, 0.4) is 0 Å². The molecule has 0 aliphatic carbocycles. The summed E-state index contributed by atoms with van der Waals surface area (Å²) in [5.41, 5.74) is 8.28. The van der Waals surface area contributed by atoms with Gasteiger partial charge in [-0.25, -0.2) is 9.97 Å². The Kier molecular flexibility index (Phi) is 6.26. The van der Waals surface area contributed by atoms with Crippen LogP contribution in [0.4, 0.5) is 11.5 Å². The summed E-state index contributed by atoms with van der Waals surface area (Å²) >= 11 is 6.43. The van der Waals surface area contributed by atoms with Gasteiger partial charge in [-0.2, -0.15) is 0 Å². The standard InChI is InChI=1S/C31H35ClN6O/c1-19-7-8-22(32)13-28(19)36-10-9-26-25(16-36)31(37-11-12-38(21(3)15-37)23-17-39-18-23)35-30(34-26)24-5-4-6-27-29(24)20(2)14-33-27/h4-8,13-14,21,23,33H,9-12,15-18H2,1-3H3. The van der Waals surface area contributed by atoms with Crippen LogP contribution in [0.1, 0.15) is 29.3 Å². The smallest absolute Gasteiger partial charge is 0.162 e. The lowest BCUT2D eigenvalue weighted by Crippen LogP contribution is -2.61. The Labute approximate surface area is 234 Å². The van der Waals surface area contributed by atoms with E-state index >= 15 is 0 Å². The second-order valence-corrected chi connectivity index (χ2v) is 11.8. The van der Waals surface area contributed by atoms with Crippen molar-refractivity contribution < 1.29 is 4.74 Å². The number of nitrogens with one attached hydrogen (secondary N) is 1. The highest BCUT2D eigenvalue weighted by atomic mass is 35.5. The fourth-order valence-corrected chi connectivity index (χ4v) is 6.74. The Bertz CT molecular complexity index is 1550. The average molecular weight is 543 g/mol. The van der Waals surface area contributed by atoms with Gasteiger partial charge in [0, 0.05) is 84.1 Å². The lowest BCUT2D eigenvalue weighted by molar-refractivity contribution is -0.0793. The van der Waals surface area contributed by atoms with Gasteiger partial charge >= 0.3 is 0 Å². The van der Waals surface area contributed by atoms with E-state index in [0.717, 1.165) is 80.1 Å². The van der Waals surface area contributed by atoms with Gasteiger partial charge in [0.25, 0.3) is 0 Å². The Hall–Kier alpha value is -3.13. The number of anilines is 2. The van der Waals surface area contributed by atoms with Crippen molar-refractivity contribution in [2.24, 2.45) is 0 Å². The summed E-state index contributed by atoms with van der Waals surface area (Å²) in [5.74, 6) is 1.91. The van der Waals surface area contributed by atoms with Crippen molar-refractivity contribution in [3.63, 3.8) is 0 Å². The first-order valence-corrected chi connectivity index (χ1v) is 14.4. The van der Waals surface area contributed by atoms with Crippen molar-refractivity contribution in [1.82, 2.24) is 19.9 Å². The zero-order valence-electron chi connectivity index (χ0n) is 22.9. The molecule has 8 heteroatoms. The second-order valence-electron chi connectivity index (χ2n) is 11.3. The van der Waals surface area contributed by atoms with E-state index in [1.807, 2.05) is 6.07 Å². The maximum atomic E-state index is 6.43. The Morgan fingerprint density at radius 1 is 1.00 bits per heavy atom. The number of halogens is 1. The molecule has 0 amide bonds. The lowest BCUT2D eigenvalue weighted by Gasteiger charge is -2.47. The molecule has 3 aliphatic rings. The van der Waals surface area contributed by atoms with Crippen LogP contribution in [0, 0.1) is 13.8 Å². The van der Waals surface area contributed by atoms with Crippen molar-refractivity contribution in [3.8, 4) is 11.4 Å². The van der Waals surface area contributed by atoms with Crippen LogP contribution in [-0.2, 0) is 17.7 Å². The molecule has 3 aliphatic heterocycles. The highest BCUT2D eigenvalue weighted by molar-refractivity contribution is 6.30. The number of piperazine rings is 1. The van der Waals surface area contributed by atoms with Gasteiger partial charge in [0.2, 0.25) is 0 Å². The molecule has 7 rings (SSSR count). The molecule has 2 saturated heterocycles. The normalized spacial score (nSPS) is 20.4. The van der Waals surface area contributed by atoms with E-state index < -0.39 is 0 Å². The van der Waals surface area contributed by atoms with Gasteiger partial charge in [0.05, 0.1) is 24.9 Å². The van der Waals surface area contributed by atoms with E-state index in [4.69, 9.17) is 26.3 Å². The quantitative estimate of drug-likeness (QED) is 0.374. The van der Waals surface area contributed by atoms with Crippen LogP contribution < -0.4 is 9.80 Å². The maximum absolute atomic E-state index is 6.43. The van der Waals surface area contributed by atoms with Crippen LogP contribution in [0.25, 0.3) is 22.3 Å². The molecular formula is C31H35ClN6O. The Balaban J connectivity index is 1.31. The molecule has 2 fully saturated rings. The van der Waals surface area contributed by atoms with Crippen molar-refractivity contribution in [1.29, 1.82) is 0 Å². The molecule has 2 aromatic carbocycles. The van der Waals surface area contributed by atoms with Gasteiger partial charge in [-0.15, -0.1) is 0 Å². The monoisotopic (exact) mass is 542 g/mol. The molecule has 202 valence electrons. The summed E-state index contributed by atoms with van der Waals surface area (Å²) in [6, 6.07) is 13.5. The number of rotatable bonds is 4. The highest BCUT2D eigenvalue weighted by Gasteiger charge is 2.35. The topological polar surface area (TPSA) is 60.5 Å². The molecule has 0 saturated carbocycles. The predicted molar refractivity (Wildman–Crippen MR) is 158 cm³/mol. The third kappa shape index (κ3) is 4.37. The molecule has 2 aromatic heterocycles. The SMILES string of the molecule is Cc1ccc(Cl)cc1N1CCc2nc(-c3cccc4[nH]cc(C)c34)nc(N3CCN(C4COC4)C(C)C3)c2C1. The summed E-state index contributed by atoms with van der Waals surface area (Å²) in [7, 11) is 0. The maximum Gasteiger partial charge on any atom is 0.162 e. The number of nitrogens with zero attached hydrogens (tertiary/aromatic N) is 5. The minimum atomic E-state index is 0.437. The van der Waals surface area contributed by atoms with Gasteiger partial charge in [-0.05, 0) is 50.1 Å². The first-order valence-electron chi connectivity index (χ1n) is 14.0. The zero-order chi connectivity index (χ0) is 26.7. The molecule has 39 heavy (non-hydrogen) atoms. The molecule has 5 heterocycles. The molecule has 0 radical (unpaired) electrons. The lowest BCUT2D eigenvalue weighted by atomic mass is 10.0. The van der Waals surface area contributed by atoms with Crippen molar-refractivity contribution in [2.75, 3.05) is 49.2 Å². The first kappa shape index (κ1) is 24.9. The number of hydrogen-bond donors (Lipinski definition) is 1. The molecule has 4 aromatic rings. The highest BCUT2D eigenvalue weighted by Crippen LogP contribution is 2.36. The molecule has 1 unspecified atom stereocenters. The van der Waals surface area contributed by atoms with Crippen LogP contribution >= 0.6 is 11.6 Å². The Morgan fingerprint density at radius 2 is 1.87 bits per heavy atom. The van der Waals surface area contributed by atoms with Gasteiger partial charge in [-0.3, -0.25) is 4.90 Å². The van der Waals surface area contributed by atoms with Gasteiger partial charge in [0.1, 0.15) is 5.82 Å². The van der Waals surface area contributed by atoms with Gasteiger partial charge < -0.3 is 19.5 Å². The number of aromatic nitrogens is 3. The molecule has 0 bridgehead atoms. The van der Waals surface area contributed by atoms with Crippen LogP contribution in [0.5, 0.6) is 0 Å².